The van der Waals surface area contributed by atoms with E-state index in [-0.39, 0.29) is 11.6 Å². The molecule has 2 rings (SSSR count). The van der Waals surface area contributed by atoms with Crippen molar-refractivity contribution in [3.63, 3.8) is 0 Å². The number of benzene rings is 1. The van der Waals surface area contributed by atoms with E-state index in [0.717, 1.165) is 23.7 Å². The van der Waals surface area contributed by atoms with E-state index in [2.05, 4.69) is 10.2 Å². The van der Waals surface area contributed by atoms with Crippen molar-refractivity contribution in [3.8, 4) is 0 Å². The van der Waals surface area contributed by atoms with Crippen LogP contribution in [0.4, 0.5) is 10.1 Å². The molecule has 146 valence electrons. The zero-order valence-electron chi connectivity index (χ0n) is 15.2. The molecule has 0 bridgehead atoms. The first-order valence-electron chi connectivity index (χ1n) is 8.65. The van der Waals surface area contributed by atoms with Crippen molar-refractivity contribution >= 4 is 21.6 Å². The summed E-state index contributed by atoms with van der Waals surface area (Å²) in [6.45, 7) is 5.84. The Morgan fingerprint density at radius 3 is 2.46 bits per heavy atom. The molecule has 0 spiro atoms. The van der Waals surface area contributed by atoms with Crippen LogP contribution in [0.25, 0.3) is 0 Å². The van der Waals surface area contributed by atoms with E-state index in [1.807, 2.05) is 0 Å². The number of morpholine rings is 1. The second-order valence-corrected chi connectivity index (χ2v) is 8.06. The van der Waals surface area contributed by atoms with Crippen molar-refractivity contribution in [2.24, 2.45) is 0 Å². The summed E-state index contributed by atoms with van der Waals surface area (Å²) in [6, 6.07) is 4.19. The number of halogens is 1. The van der Waals surface area contributed by atoms with Gasteiger partial charge in [0.25, 0.3) is 0 Å². The summed E-state index contributed by atoms with van der Waals surface area (Å²) >= 11 is 0. The summed E-state index contributed by atoms with van der Waals surface area (Å²) in [6.07, 6.45) is 1.34. The largest absolute Gasteiger partial charge is 0.379 e. The lowest BCUT2D eigenvalue weighted by atomic mass is 10.2. The molecule has 1 fully saturated rings. The predicted octanol–water partition coefficient (Wildman–Crippen LogP) is 0.819. The van der Waals surface area contributed by atoms with Crippen LogP contribution in [-0.2, 0) is 19.6 Å². The molecule has 1 heterocycles. The molecule has 1 atom stereocenters. The van der Waals surface area contributed by atoms with Crippen molar-refractivity contribution in [2.45, 2.75) is 19.4 Å². The van der Waals surface area contributed by atoms with E-state index in [9.17, 15) is 17.6 Å². The third kappa shape index (κ3) is 5.65. The molecule has 1 aliphatic rings. The zero-order valence-corrected chi connectivity index (χ0v) is 16.0. The molecule has 7 nitrogen and oxygen atoms in total. The van der Waals surface area contributed by atoms with Crippen LogP contribution in [-0.4, -0.2) is 70.9 Å². The summed E-state index contributed by atoms with van der Waals surface area (Å²) in [7, 11) is -3.71. The topological polar surface area (TPSA) is 79.0 Å². The minimum absolute atomic E-state index is 0.268. The molecule has 0 aromatic heterocycles. The molecule has 26 heavy (non-hydrogen) atoms. The van der Waals surface area contributed by atoms with Crippen LogP contribution in [0.1, 0.15) is 13.3 Å². The molecular formula is C17H26FN3O4S. The molecular weight excluding hydrogens is 361 g/mol. The van der Waals surface area contributed by atoms with Gasteiger partial charge >= 0.3 is 0 Å². The van der Waals surface area contributed by atoms with E-state index in [4.69, 9.17) is 4.74 Å². The first-order valence-corrected chi connectivity index (χ1v) is 10.5. The minimum Gasteiger partial charge on any atom is -0.379 e. The number of anilines is 1. The van der Waals surface area contributed by atoms with Gasteiger partial charge in [-0.1, -0.05) is 6.92 Å². The van der Waals surface area contributed by atoms with Gasteiger partial charge in [0.15, 0.2) is 0 Å². The number of hydrogen-bond acceptors (Lipinski definition) is 5. The Labute approximate surface area is 154 Å². The summed E-state index contributed by atoms with van der Waals surface area (Å²) in [4.78, 5) is 14.8. The van der Waals surface area contributed by atoms with Gasteiger partial charge in [0.05, 0.1) is 25.2 Å². The van der Waals surface area contributed by atoms with Crippen LogP contribution in [0.15, 0.2) is 24.3 Å². The molecule has 0 radical (unpaired) electrons. The number of nitrogens with zero attached hydrogens (tertiary/aromatic N) is 2. The highest BCUT2D eigenvalue weighted by atomic mass is 32.2. The maximum absolute atomic E-state index is 13.2. The number of sulfonamides is 1. The normalized spacial score (nSPS) is 16.9. The lowest BCUT2D eigenvalue weighted by Crippen LogP contribution is -2.50. The smallest absolute Gasteiger partial charge is 0.243 e. The Morgan fingerprint density at radius 2 is 1.92 bits per heavy atom. The number of carbonyl (C=O) groups excluding carboxylic acids is 1. The molecule has 0 saturated carbocycles. The molecule has 1 saturated heterocycles. The fraction of sp³-hybridized carbons (Fsp3) is 0.588. The molecule has 1 aromatic rings. The third-order valence-corrected chi connectivity index (χ3v) is 5.42. The van der Waals surface area contributed by atoms with Gasteiger partial charge in [0, 0.05) is 26.2 Å². The monoisotopic (exact) mass is 387 g/mol. The van der Waals surface area contributed by atoms with Crippen LogP contribution in [0, 0.1) is 5.82 Å². The molecule has 9 heteroatoms. The number of ether oxygens (including phenoxy) is 1. The molecule has 1 aromatic carbocycles. The summed E-state index contributed by atoms with van der Waals surface area (Å²) < 4.78 is 44.0. The van der Waals surface area contributed by atoms with Crippen molar-refractivity contribution in [1.82, 2.24) is 10.2 Å². The highest BCUT2D eigenvalue weighted by molar-refractivity contribution is 7.92. The Kier molecular flexibility index (Phi) is 7.36. The van der Waals surface area contributed by atoms with Gasteiger partial charge in [-0.25, -0.2) is 12.8 Å². The van der Waals surface area contributed by atoms with Gasteiger partial charge in [0.1, 0.15) is 11.9 Å². The molecule has 1 N–H and O–H groups in total. The van der Waals surface area contributed by atoms with Gasteiger partial charge in [-0.15, -0.1) is 0 Å². The minimum atomic E-state index is -3.71. The van der Waals surface area contributed by atoms with Gasteiger partial charge in [-0.2, -0.15) is 0 Å². The van der Waals surface area contributed by atoms with Crippen LogP contribution in [0.5, 0.6) is 0 Å². The van der Waals surface area contributed by atoms with Gasteiger partial charge in [0.2, 0.25) is 15.9 Å². The summed E-state index contributed by atoms with van der Waals surface area (Å²) in [5.41, 5.74) is 0.268. The van der Waals surface area contributed by atoms with Crippen molar-refractivity contribution in [1.29, 1.82) is 0 Å². The van der Waals surface area contributed by atoms with Crippen molar-refractivity contribution < 1.29 is 22.3 Å². The number of amides is 1. The second-order valence-electron chi connectivity index (χ2n) is 6.20. The fourth-order valence-electron chi connectivity index (χ4n) is 2.93. The van der Waals surface area contributed by atoms with E-state index < -0.39 is 21.9 Å². The van der Waals surface area contributed by atoms with Crippen molar-refractivity contribution in [2.75, 3.05) is 50.0 Å². The van der Waals surface area contributed by atoms with E-state index in [0.29, 0.717) is 32.7 Å². The van der Waals surface area contributed by atoms with Crippen LogP contribution in [0.3, 0.4) is 0 Å². The quantitative estimate of drug-likeness (QED) is 0.715. The summed E-state index contributed by atoms with van der Waals surface area (Å²) in [5.74, 6) is -0.833. The molecule has 1 amide bonds. The number of carbonyl (C=O) groups is 1. The van der Waals surface area contributed by atoms with E-state index in [1.165, 1.54) is 24.3 Å². The Bertz CT molecular complexity index is 690. The van der Waals surface area contributed by atoms with Gasteiger partial charge in [-0.3, -0.25) is 14.0 Å². The SMILES string of the molecule is CC[C@@H](C(=O)NCCN1CCOCC1)N(c1ccc(F)cc1)S(C)(=O)=O. The predicted molar refractivity (Wildman–Crippen MR) is 98.1 cm³/mol. The first-order chi connectivity index (χ1) is 12.3. The average molecular weight is 387 g/mol. The number of hydrogen-bond donors (Lipinski definition) is 1. The Balaban J connectivity index is 2.06. The molecule has 1 aliphatic heterocycles. The number of nitrogens with one attached hydrogen (secondary N) is 1. The molecule has 0 aliphatic carbocycles. The maximum atomic E-state index is 13.2. The van der Waals surface area contributed by atoms with Gasteiger partial charge in [-0.05, 0) is 30.7 Å². The highest BCUT2D eigenvalue weighted by Gasteiger charge is 2.31. The van der Waals surface area contributed by atoms with E-state index in [1.54, 1.807) is 6.92 Å². The lowest BCUT2D eigenvalue weighted by Gasteiger charge is -2.31. The zero-order chi connectivity index (χ0) is 19.2. The highest BCUT2D eigenvalue weighted by Crippen LogP contribution is 2.22. The maximum Gasteiger partial charge on any atom is 0.243 e. The van der Waals surface area contributed by atoms with Crippen LogP contribution in [0.2, 0.25) is 0 Å². The second kappa shape index (κ2) is 9.29. The Morgan fingerprint density at radius 1 is 1.31 bits per heavy atom. The van der Waals surface area contributed by atoms with Gasteiger partial charge < -0.3 is 10.1 Å². The van der Waals surface area contributed by atoms with Crippen molar-refractivity contribution in [3.05, 3.63) is 30.1 Å². The lowest BCUT2D eigenvalue weighted by molar-refractivity contribution is -0.122. The summed E-state index contributed by atoms with van der Waals surface area (Å²) in [5, 5.41) is 2.81. The van der Waals surface area contributed by atoms with E-state index >= 15 is 0 Å². The Hall–Kier alpha value is -1.71. The standard InChI is InChI=1S/C17H26FN3O4S/c1-3-16(17(22)19-8-9-20-10-12-25-13-11-20)21(26(2,23)24)15-6-4-14(18)5-7-15/h4-7,16H,3,8-13H2,1-2H3,(H,19,22)/t16-/m0/s1. The van der Waals surface area contributed by atoms with Crippen LogP contribution < -0.4 is 9.62 Å². The van der Waals surface area contributed by atoms with Crippen LogP contribution >= 0.6 is 0 Å². The first kappa shape index (κ1) is 20.6. The third-order valence-electron chi connectivity index (χ3n) is 4.24. The number of rotatable bonds is 8. The fourth-order valence-corrected chi connectivity index (χ4v) is 4.14. The average Bonchev–Trinajstić information content (AvgIpc) is 2.60. The molecule has 0 unspecified atom stereocenters.